The fourth-order valence-corrected chi connectivity index (χ4v) is 3.56. The first-order valence-corrected chi connectivity index (χ1v) is 8.62. The highest BCUT2D eigenvalue weighted by Crippen LogP contribution is 2.37. The number of likely N-dealkylation sites (N-methyl/N-ethyl adjacent to an activating group) is 1. The lowest BCUT2D eigenvalue weighted by atomic mass is 9.77. The van der Waals surface area contributed by atoms with Crippen molar-refractivity contribution in [1.29, 1.82) is 0 Å². The van der Waals surface area contributed by atoms with Gasteiger partial charge in [0.2, 0.25) is 0 Å². The van der Waals surface area contributed by atoms with Crippen molar-refractivity contribution in [3.8, 4) is 0 Å². The van der Waals surface area contributed by atoms with Gasteiger partial charge in [0.25, 0.3) is 0 Å². The molecule has 0 aromatic carbocycles. The Hall–Kier alpha value is -0.0800. The molecule has 0 amide bonds. The third kappa shape index (κ3) is 4.46. The van der Waals surface area contributed by atoms with Gasteiger partial charge in [-0.1, -0.05) is 39.5 Å². The van der Waals surface area contributed by atoms with Crippen LogP contribution in [-0.4, -0.2) is 25.3 Å². The molecule has 2 rings (SSSR count). The van der Waals surface area contributed by atoms with Crippen molar-refractivity contribution in [2.24, 2.45) is 11.8 Å². The molecule has 2 aliphatic rings. The van der Waals surface area contributed by atoms with Gasteiger partial charge >= 0.3 is 0 Å². The summed E-state index contributed by atoms with van der Waals surface area (Å²) in [6.45, 7) is 7.64. The summed E-state index contributed by atoms with van der Waals surface area (Å²) in [5.41, 5.74) is 0.158. The molecule has 2 heteroatoms. The second-order valence-corrected chi connectivity index (χ2v) is 6.75. The van der Waals surface area contributed by atoms with Crippen LogP contribution in [0, 0.1) is 11.8 Å². The lowest BCUT2D eigenvalue weighted by Crippen LogP contribution is -2.46. The van der Waals surface area contributed by atoms with Crippen LogP contribution in [0.25, 0.3) is 0 Å². The molecule has 1 N–H and O–H groups in total. The van der Waals surface area contributed by atoms with Crippen molar-refractivity contribution in [2.75, 3.05) is 19.7 Å². The van der Waals surface area contributed by atoms with E-state index < -0.39 is 0 Å². The number of rotatable bonds is 8. The third-order valence-electron chi connectivity index (χ3n) is 5.45. The van der Waals surface area contributed by atoms with Crippen LogP contribution < -0.4 is 5.32 Å². The normalized spacial score (nSPS) is 32.2. The predicted octanol–water partition coefficient (Wildman–Crippen LogP) is 4.14. The minimum atomic E-state index is 0.158. The zero-order valence-corrected chi connectivity index (χ0v) is 13.0. The third-order valence-corrected chi connectivity index (χ3v) is 5.45. The molecule has 0 radical (unpaired) electrons. The molecule has 0 atom stereocenters. The molecular weight excluding hydrogens is 234 g/mol. The van der Waals surface area contributed by atoms with Crippen LogP contribution in [0.5, 0.6) is 0 Å². The molecule has 0 saturated heterocycles. The average molecular weight is 267 g/mol. The van der Waals surface area contributed by atoms with Gasteiger partial charge in [0.15, 0.2) is 0 Å². The van der Waals surface area contributed by atoms with Crippen LogP contribution in [0.4, 0.5) is 0 Å². The lowest BCUT2D eigenvalue weighted by molar-refractivity contribution is -0.0820. The monoisotopic (exact) mass is 267 g/mol. The number of hydrogen-bond acceptors (Lipinski definition) is 2. The Bertz CT molecular complexity index is 242. The Morgan fingerprint density at radius 3 is 2.32 bits per heavy atom. The molecule has 0 aromatic heterocycles. The Kier molecular flexibility index (Phi) is 6.15. The van der Waals surface area contributed by atoms with Gasteiger partial charge in [-0.05, 0) is 50.5 Å². The second-order valence-electron chi connectivity index (χ2n) is 6.75. The van der Waals surface area contributed by atoms with Crippen LogP contribution in [0.2, 0.25) is 0 Å². The zero-order valence-electron chi connectivity index (χ0n) is 13.0. The average Bonchev–Trinajstić information content (AvgIpc) is 2.40. The second kappa shape index (κ2) is 7.64. The Labute approximate surface area is 119 Å². The molecule has 2 fully saturated rings. The number of nitrogens with one attached hydrogen (secondary N) is 1. The highest BCUT2D eigenvalue weighted by Gasteiger charge is 2.35. The first-order valence-electron chi connectivity index (χ1n) is 8.62. The minimum Gasteiger partial charge on any atom is -0.374 e. The molecule has 19 heavy (non-hydrogen) atoms. The van der Waals surface area contributed by atoms with E-state index in [1.165, 1.54) is 57.8 Å². The molecule has 0 bridgehead atoms. The van der Waals surface area contributed by atoms with E-state index in [4.69, 9.17) is 4.74 Å². The summed E-state index contributed by atoms with van der Waals surface area (Å²) in [7, 11) is 0. The van der Waals surface area contributed by atoms with E-state index >= 15 is 0 Å². The van der Waals surface area contributed by atoms with Gasteiger partial charge in [0, 0.05) is 13.2 Å². The van der Waals surface area contributed by atoms with Crippen LogP contribution >= 0.6 is 0 Å². The molecule has 2 saturated carbocycles. The summed E-state index contributed by atoms with van der Waals surface area (Å²) >= 11 is 0. The van der Waals surface area contributed by atoms with E-state index in [0.29, 0.717) is 0 Å². The molecule has 0 heterocycles. The van der Waals surface area contributed by atoms with E-state index in [1.807, 2.05) is 0 Å². The van der Waals surface area contributed by atoms with Crippen molar-refractivity contribution in [3.63, 3.8) is 0 Å². The molecule has 0 spiro atoms. The van der Waals surface area contributed by atoms with Crippen molar-refractivity contribution in [1.82, 2.24) is 5.32 Å². The first kappa shape index (κ1) is 15.3. The largest absolute Gasteiger partial charge is 0.374 e. The lowest BCUT2D eigenvalue weighted by Gasteiger charge is -2.41. The SMILES string of the molecule is CCNCC1(OCCC2CCC2)CCC(CC)CC1. The molecule has 2 nitrogen and oxygen atoms in total. The Morgan fingerprint density at radius 2 is 1.79 bits per heavy atom. The standard InChI is InChI=1S/C17H33NO/c1-3-15-8-11-17(12-9-15,14-18-4-2)19-13-10-16-6-5-7-16/h15-16,18H,3-14H2,1-2H3. The van der Waals surface area contributed by atoms with Crippen LogP contribution in [-0.2, 0) is 4.74 Å². The molecule has 112 valence electrons. The van der Waals surface area contributed by atoms with E-state index in [1.54, 1.807) is 0 Å². The maximum absolute atomic E-state index is 6.41. The summed E-state index contributed by atoms with van der Waals surface area (Å²) < 4.78 is 6.41. The van der Waals surface area contributed by atoms with Crippen molar-refractivity contribution in [3.05, 3.63) is 0 Å². The fraction of sp³-hybridized carbons (Fsp3) is 1.00. The van der Waals surface area contributed by atoms with E-state index in [9.17, 15) is 0 Å². The smallest absolute Gasteiger partial charge is 0.0806 e. The maximum Gasteiger partial charge on any atom is 0.0806 e. The van der Waals surface area contributed by atoms with Gasteiger partial charge in [-0.25, -0.2) is 0 Å². The van der Waals surface area contributed by atoms with Crippen molar-refractivity contribution >= 4 is 0 Å². The van der Waals surface area contributed by atoms with Gasteiger partial charge < -0.3 is 10.1 Å². The van der Waals surface area contributed by atoms with Crippen LogP contribution in [0.3, 0.4) is 0 Å². The molecule has 0 unspecified atom stereocenters. The van der Waals surface area contributed by atoms with E-state index in [2.05, 4.69) is 19.2 Å². The van der Waals surface area contributed by atoms with E-state index in [0.717, 1.165) is 31.5 Å². The minimum absolute atomic E-state index is 0.158. The summed E-state index contributed by atoms with van der Waals surface area (Å²) in [5, 5.41) is 3.53. The topological polar surface area (TPSA) is 21.3 Å². The van der Waals surface area contributed by atoms with Gasteiger partial charge in [-0.15, -0.1) is 0 Å². The Balaban J connectivity index is 1.76. The van der Waals surface area contributed by atoms with E-state index in [-0.39, 0.29) is 5.60 Å². The van der Waals surface area contributed by atoms with Crippen molar-refractivity contribution in [2.45, 2.75) is 77.2 Å². The highest BCUT2D eigenvalue weighted by molar-refractivity contribution is 4.89. The Morgan fingerprint density at radius 1 is 1.05 bits per heavy atom. The first-order chi connectivity index (χ1) is 9.28. The summed E-state index contributed by atoms with van der Waals surface area (Å²) in [4.78, 5) is 0. The van der Waals surface area contributed by atoms with Crippen molar-refractivity contribution < 1.29 is 4.74 Å². The van der Waals surface area contributed by atoms with Gasteiger partial charge in [0.1, 0.15) is 0 Å². The highest BCUT2D eigenvalue weighted by atomic mass is 16.5. The maximum atomic E-state index is 6.41. The number of ether oxygens (including phenoxy) is 1. The van der Waals surface area contributed by atoms with Gasteiger partial charge in [-0.3, -0.25) is 0 Å². The molecule has 0 aromatic rings. The zero-order chi connectivity index (χ0) is 13.6. The van der Waals surface area contributed by atoms with Gasteiger partial charge in [0.05, 0.1) is 5.60 Å². The summed E-state index contributed by atoms with van der Waals surface area (Å²) in [5.74, 6) is 1.92. The molecule has 2 aliphatic carbocycles. The summed E-state index contributed by atoms with van der Waals surface area (Å²) in [6, 6.07) is 0. The molecule has 0 aliphatic heterocycles. The quantitative estimate of drug-likeness (QED) is 0.713. The number of hydrogen-bond donors (Lipinski definition) is 1. The van der Waals surface area contributed by atoms with Gasteiger partial charge in [-0.2, -0.15) is 0 Å². The summed E-state index contributed by atoms with van der Waals surface area (Å²) in [6.07, 6.45) is 12.3. The molecular formula is C17H33NO. The predicted molar refractivity (Wildman–Crippen MR) is 81.4 cm³/mol. The van der Waals surface area contributed by atoms with Crippen LogP contribution in [0.15, 0.2) is 0 Å². The van der Waals surface area contributed by atoms with Crippen LogP contribution in [0.1, 0.15) is 71.6 Å². The fourth-order valence-electron chi connectivity index (χ4n) is 3.56.